The molecule has 1 saturated carbocycles. The summed E-state index contributed by atoms with van der Waals surface area (Å²) >= 11 is 0. The molecule has 0 amide bonds. The molecular weight excluding hydrogens is 220 g/mol. The summed E-state index contributed by atoms with van der Waals surface area (Å²) in [5.74, 6) is 7.30. The van der Waals surface area contributed by atoms with Crippen molar-refractivity contribution < 1.29 is 0 Å². The molecule has 3 N–H and O–H groups in total. The lowest BCUT2D eigenvalue weighted by Gasteiger charge is -2.34. The first kappa shape index (κ1) is 12.2. The lowest BCUT2D eigenvalue weighted by atomic mass is 9.77. The van der Waals surface area contributed by atoms with Crippen LogP contribution in [0.15, 0.2) is 24.3 Å². The maximum atomic E-state index is 5.89. The standard InChI is InChI=1S/C16H24N2/c17-18-16(13-7-2-1-3-8-13)15-11-10-12-6-4-5-9-14(12)15/h4-6,9,13,15-16,18H,1-3,7-8,10-11,17H2. The second-order valence-electron chi connectivity index (χ2n) is 5.93. The van der Waals surface area contributed by atoms with E-state index in [9.17, 15) is 0 Å². The van der Waals surface area contributed by atoms with Gasteiger partial charge in [-0.3, -0.25) is 11.3 Å². The van der Waals surface area contributed by atoms with Gasteiger partial charge in [-0.2, -0.15) is 0 Å². The Bertz CT molecular complexity index is 396. The smallest absolute Gasteiger partial charge is 0.0307 e. The summed E-state index contributed by atoms with van der Waals surface area (Å²) in [4.78, 5) is 0. The molecule has 2 aliphatic rings. The Balaban J connectivity index is 1.80. The molecule has 18 heavy (non-hydrogen) atoms. The van der Waals surface area contributed by atoms with E-state index in [1.54, 1.807) is 11.1 Å². The van der Waals surface area contributed by atoms with Crippen LogP contribution >= 0.6 is 0 Å². The minimum atomic E-state index is 0.481. The number of aryl methyl sites for hydroxylation is 1. The van der Waals surface area contributed by atoms with Crippen molar-refractivity contribution in [2.24, 2.45) is 11.8 Å². The Morgan fingerprint density at radius 2 is 1.83 bits per heavy atom. The summed E-state index contributed by atoms with van der Waals surface area (Å²) in [5, 5.41) is 0. The van der Waals surface area contributed by atoms with Crippen molar-refractivity contribution in [3.8, 4) is 0 Å². The molecule has 0 spiro atoms. The molecule has 2 atom stereocenters. The van der Waals surface area contributed by atoms with Crippen LogP contribution in [-0.4, -0.2) is 6.04 Å². The summed E-state index contributed by atoms with van der Waals surface area (Å²) in [7, 11) is 0. The van der Waals surface area contributed by atoms with Crippen LogP contribution in [0.4, 0.5) is 0 Å². The molecule has 2 heteroatoms. The van der Waals surface area contributed by atoms with Gasteiger partial charge in [0, 0.05) is 12.0 Å². The predicted molar refractivity (Wildman–Crippen MR) is 75.2 cm³/mol. The fourth-order valence-corrected chi connectivity index (χ4v) is 4.04. The van der Waals surface area contributed by atoms with E-state index in [1.807, 2.05) is 0 Å². The zero-order valence-electron chi connectivity index (χ0n) is 11.1. The summed E-state index contributed by atoms with van der Waals surface area (Å²) in [6, 6.07) is 9.40. The van der Waals surface area contributed by atoms with Gasteiger partial charge in [0.05, 0.1) is 0 Å². The second-order valence-corrected chi connectivity index (χ2v) is 5.93. The molecule has 0 saturated heterocycles. The Labute approximate surface area is 110 Å². The monoisotopic (exact) mass is 244 g/mol. The van der Waals surface area contributed by atoms with Crippen LogP contribution < -0.4 is 11.3 Å². The molecule has 2 nitrogen and oxygen atoms in total. The van der Waals surface area contributed by atoms with Gasteiger partial charge in [-0.15, -0.1) is 0 Å². The predicted octanol–water partition coefficient (Wildman–Crippen LogP) is 3.13. The highest BCUT2D eigenvalue weighted by Gasteiger charge is 2.34. The highest BCUT2D eigenvalue weighted by Crippen LogP contribution is 2.40. The van der Waals surface area contributed by atoms with Crippen molar-refractivity contribution in [1.29, 1.82) is 0 Å². The van der Waals surface area contributed by atoms with Crippen LogP contribution in [0, 0.1) is 5.92 Å². The van der Waals surface area contributed by atoms with Gasteiger partial charge in [0.1, 0.15) is 0 Å². The lowest BCUT2D eigenvalue weighted by molar-refractivity contribution is 0.240. The minimum absolute atomic E-state index is 0.481. The lowest BCUT2D eigenvalue weighted by Crippen LogP contribution is -2.45. The van der Waals surface area contributed by atoms with Gasteiger partial charge in [0.25, 0.3) is 0 Å². The Morgan fingerprint density at radius 3 is 2.61 bits per heavy atom. The molecule has 3 rings (SSSR count). The third kappa shape index (κ3) is 2.19. The quantitative estimate of drug-likeness (QED) is 0.633. The SMILES string of the molecule is NNC(C1CCCCC1)C1CCc2ccccc21. The number of fused-ring (bicyclic) bond motifs is 1. The van der Waals surface area contributed by atoms with E-state index in [4.69, 9.17) is 5.84 Å². The fraction of sp³-hybridized carbons (Fsp3) is 0.625. The molecule has 0 aromatic heterocycles. The summed E-state index contributed by atoms with van der Waals surface area (Å²) in [6.45, 7) is 0. The zero-order chi connectivity index (χ0) is 12.4. The third-order valence-corrected chi connectivity index (χ3v) is 4.96. The number of hydrogen-bond donors (Lipinski definition) is 2. The number of nitrogens with one attached hydrogen (secondary N) is 1. The average Bonchev–Trinajstić information content (AvgIpc) is 2.85. The Hall–Kier alpha value is -0.860. The minimum Gasteiger partial charge on any atom is -0.271 e. The van der Waals surface area contributed by atoms with Crippen LogP contribution in [-0.2, 0) is 6.42 Å². The number of rotatable bonds is 3. The fourth-order valence-electron chi connectivity index (χ4n) is 4.04. The van der Waals surface area contributed by atoms with Crippen molar-refractivity contribution in [3.05, 3.63) is 35.4 Å². The van der Waals surface area contributed by atoms with Crippen molar-refractivity contribution in [3.63, 3.8) is 0 Å². The summed E-state index contributed by atoms with van der Waals surface area (Å²) < 4.78 is 0. The maximum Gasteiger partial charge on any atom is 0.0307 e. The molecule has 1 aromatic rings. The molecule has 2 aliphatic carbocycles. The van der Waals surface area contributed by atoms with E-state index in [-0.39, 0.29) is 0 Å². The highest BCUT2D eigenvalue weighted by molar-refractivity contribution is 5.36. The van der Waals surface area contributed by atoms with Gasteiger partial charge in [-0.25, -0.2) is 0 Å². The van der Waals surface area contributed by atoms with E-state index in [0.717, 1.165) is 5.92 Å². The van der Waals surface area contributed by atoms with Gasteiger partial charge in [0.2, 0.25) is 0 Å². The van der Waals surface area contributed by atoms with Gasteiger partial charge in [-0.1, -0.05) is 43.5 Å². The van der Waals surface area contributed by atoms with Crippen LogP contribution in [0.25, 0.3) is 0 Å². The first-order chi connectivity index (χ1) is 8.90. The molecule has 98 valence electrons. The molecule has 0 bridgehead atoms. The van der Waals surface area contributed by atoms with E-state index in [2.05, 4.69) is 29.7 Å². The molecule has 1 fully saturated rings. The molecular formula is C16H24N2. The molecule has 0 radical (unpaired) electrons. The van der Waals surface area contributed by atoms with E-state index >= 15 is 0 Å². The molecule has 1 aromatic carbocycles. The second kappa shape index (κ2) is 5.41. The molecule has 0 aliphatic heterocycles. The molecule has 2 unspecified atom stereocenters. The van der Waals surface area contributed by atoms with Crippen LogP contribution in [0.2, 0.25) is 0 Å². The van der Waals surface area contributed by atoms with E-state index < -0.39 is 0 Å². The topological polar surface area (TPSA) is 38.0 Å². The summed E-state index contributed by atoms with van der Waals surface area (Å²) in [6.07, 6.45) is 9.39. The Morgan fingerprint density at radius 1 is 1.06 bits per heavy atom. The van der Waals surface area contributed by atoms with Crippen LogP contribution in [0.1, 0.15) is 55.6 Å². The van der Waals surface area contributed by atoms with E-state index in [0.29, 0.717) is 12.0 Å². The summed E-state index contributed by atoms with van der Waals surface area (Å²) in [5.41, 5.74) is 6.24. The van der Waals surface area contributed by atoms with Crippen molar-refractivity contribution >= 4 is 0 Å². The van der Waals surface area contributed by atoms with Crippen molar-refractivity contribution in [2.75, 3.05) is 0 Å². The number of hydrazine groups is 1. The first-order valence-electron chi connectivity index (χ1n) is 7.44. The van der Waals surface area contributed by atoms with Gasteiger partial charge in [-0.05, 0) is 42.7 Å². The van der Waals surface area contributed by atoms with Crippen LogP contribution in [0.5, 0.6) is 0 Å². The normalized spacial score (nSPS) is 25.9. The van der Waals surface area contributed by atoms with Crippen molar-refractivity contribution in [1.82, 2.24) is 5.43 Å². The van der Waals surface area contributed by atoms with Gasteiger partial charge >= 0.3 is 0 Å². The maximum absolute atomic E-state index is 5.89. The van der Waals surface area contributed by atoms with Gasteiger partial charge in [0.15, 0.2) is 0 Å². The first-order valence-corrected chi connectivity index (χ1v) is 7.44. The van der Waals surface area contributed by atoms with Crippen molar-refractivity contribution in [2.45, 2.75) is 56.9 Å². The highest BCUT2D eigenvalue weighted by atomic mass is 15.2. The van der Waals surface area contributed by atoms with Gasteiger partial charge < -0.3 is 0 Å². The third-order valence-electron chi connectivity index (χ3n) is 4.96. The van der Waals surface area contributed by atoms with E-state index in [1.165, 1.54) is 44.9 Å². The average molecular weight is 244 g/mol. The Kier molecular flexibility index (Phi) is 3.67. The molecule has 0 heterocycles. The number of benzene rings is 1. The largest absolute Gasteiger partial charge is 0.271 e. The van der Waals surface area contributed by atoms with Crippen LogP contribution in [0.3, 0.4) is 0 Å². The zero-order valence-corrected chi connectivity index (χ0v) is 11.1. The number of hydrogen-bond acceptors (Lipinski definition) is 2. The number of nitrogens with two attached hydrogens (primary N) is 1.